The molecule has 0 aromatic heterocycles. The SMILES string of the molecule is C=Cc1ccc(C)cc1.C=Cc1ccc(OC(C)OCC)cc1.OC=Cc1ccccc1. The van der Waals surface area contributed by atoms with Crippen molar-refractivity contribution in [1.29, 1.82) is 0 Å². The Hall–Kier alpha value is -3.56. The fourth-order valence-electron chi connectivity index (χ4n) is 2.50. The number of ether oxygens (including phenoxy) is 2. The minimum Gasteiger partial charge on any atom is -0.516 e. The molecule has 1 N–H and O–H groups in total. The monoisotopic (exact) mass is 430 g/mol. The molecule has 3 nitrogen and oxygen atoms in total. The van der Waals surface area contributed by atoms with Crippen LogP contribution in [0.3, 0.4) is 0 Å². The number of hydrogen-bond acceptors (Lipinski definition) is 3. The molecular formula is C29H34O3. The molecule has 3 heteroatoms. The highest BCUT2D eigenvalue weighted by Crippen LogP contribution is 2.14. The summed E-state index contributed by atoms with van der Waals surface area (Å²) in [5.74, 6) is 0.816. The average Bonchev–Trinajstić information content (AvgIpc) is 2.82. The molecule has 0 amide bonds. The van der Waals surface area contributed by atoms with Gasteiger partial charge in [0.1, 0.15) is 5.75 Å². The quantitative estimate of drug-likeness (QED) is 0.305. The summed E-state index contributed by atoms with van der Waals surface area (Å²) in [5.41, 5.74) is 4.57. The summed E-state index contributed by atoms with van der Waals surface area (Å²) < 4.78 is 10.8. The molecule has 1 atom stereocenters. The first kappa shape index (κ1) is 26.5. The maximum Gasteiger partial charge on any atom is 0.196 e. The van der Waals surface area contributed by atoms with E-state index < -0.39 is 0 Å². The van der Waals surface area contributed by atoms with E-state index in [9.17, 15) is 0 Å². The molecule has 0 aliphatic rings. The van der Waals surface area contributed by atoms with Crippen LogP contribution in [0.5, 0.6) is 5.75 Å². The number of rotatable bonds is 7. The highest BCUT2D eigenvalue weighted by atomic mass is 16.7. The third-order valence-corrected chi connectivity index (χ3v) is 4.20. The normalized spacial score (nSPS) is 10.7. The van der Waals surface area contributed by atoms with Crippen molar-refractivity contribution in [3.63, 3.8) is 0 Å². The zero-order valence-electron chi connectivity index (χ0n) is 19.3. The molecular weight excluding hydrogens is 396 g/mol. The maximum absolute atomic E-state index is 8.34. The molecule has 0 saturated carbocycles. The number of hydrogen-bond donors (Lipinski definition) is 1. The smallest absolute Gasteiger partial charge is 0.196 e. The van der Waals surface area contributed by atoms with Crippen LogP contribution in [0.2, 0.25) is 0 Å². The van der Waals surface area contributed by atoms with Gasteiger partial charge in [0, 0.05) is 6.61 Å². The lowest BCUT2D eigenvalue weighted by Crippen LogP contribution is -2.15. The summed E-state index contributed by atoms with van der Waals surface area (Å²) in [6.45, 7) is 13.9. The van der Waals surface area contributed by atoms with E-state index in [-0.39, 0.29) is 6.29 Å². The lowest BCUT2D eigenvalue weighted by molar-refractivity contribution is -0.0613. The Bertz CT molecular complexity index is 911. The fourth-order valence-corrected chi connectivity index (χ4v) is 2.50. The summed E-state index contributed by atoms with van der Waals surface area (Å²) in [7, 11) is 0. The third kappa shape index (κ3) is 11.6. The highest BCUT2D eigenvalue weighted by Gasteiger charge is 2.01. The second kappa shape index (κ2) is 16.2. The second-order valence-corrected chi connectivity index (χ2v) is 6.76. The first-order chi connectivity index (χ1) is 15.5. The minimum absolute atomic E-state index is 0.199. The van der Waals surface area contributed by atoms with Crippen LogP contribution < -0.4 is 4.74 Å². The van der Waals surface area contributed by atoms with Crippen LogP contribution in [0, 0.1) is 6.92 Å². The van der Waals surface area contributed by atoms with E-state index in [2.05, 4.69) is 44.3 Å². The van der Waals surface area contributed by atoms with Crippen LogP contribution in [0.4, 0.5) is 0 Å². The Morgan fingerprint density at radius 1 is 0.812 bits per heavy atom. The Labute approximate surface area is 193 Å². The number of aliphatic hydroxyl groups is 1. The van der Waals surface area contributed by atoms with Crippen molar-refractivity contribution in [2.45, 2.75) is 27.1 Å². The number of aliphatic hydroxyl groups excluding tert-OH is 1. The summed E-state index contributed by atoms with van der Waals surface area (Å²) in [6.07, 6.45) is 6.12. The van der Waals surface area contributed by atoms with Gasteiger partial charge in [-0.15, -0.1) is 0 Å². The number of aryl methyl sites for hydroxylation is 1. The van der Waals surface area contributed by atoms with Gasteiger partial charge in [-0.2, -0.15) is 0 Å². The van der Waals surface area contributed by atoms with Gasteiger partial charge in [-0.05, 0) is 55.7 Å². The van der Waals surface area contributed by atoms with Gasteiger partial charge in [0.05, 0.1) is 6.26 Å². The van der Waals surface area contributed by atoms with E-state index in [1.54, 1.807) is 12.2 Å². The lowest BCUT2D eigenvalue weighted by Gasteiger charge is -2.14. The van der Waals surface area contributed by atoms with Gasteiger partial charge in [-0.1, -0.05) is 97.6 Å². The van der Waals surface area contributed by atoms with Crippen LogP contribution in [0.15, 0.2) is 98.3 Å². The topological polar surface area (TPSA) is 38.7 Å². The van der Waals surface area contributed by atoms with E-state index in [1.807, 2.05) is 74.5 Å². The molecule has 0 spiro atoms. The zero-order valence-corrected chi connectivity index (χ0v) is 19.3. The van der Waals surface area contributed by atoms with Crippen molar-refractivity contribution < 1.29 is 14.6 Å². The Morgan fingerprint density at radius 2 is 1.34 bits per heavy atom. The van der Waals surface area contributed by atoms with Crippen molar-refractivity contribution in [2.24, 2.45) is 0 Å². The van der Waals surface area contributed by atoms with E-state index in [1.165, 1.54) is 11.1 Å². The lowest BCUT2D eigenvalue weighted by atomic mass is 10.2. The molecule has 1 unspecified atom stereocenters. The van der Waals surface area contributed by atoms with Crippen LogP contribution in [0.25, 0.3) is 18.2 Å². The van der Waals surface area contributed by atoms with Gasteiger partial charge >= 0.3 is 0 Å². The maximum atomic E-state index is 8.34. The van der Waals surface area contributed by atoms with Crippen LogP contribution in [-0.2, 0) is 4.74 Å². The summed E-state index contributed by atoms with van der Waals surface area (Å²) in [4.78, 5) is 0. The van der Waals surface area contributed by atoms with E-state index in [0.717, 1.165) is 23.1 Å². The molecule has 0 saturated heterocycles. The summed E-state index contributed by atoms with van der Waals surface area (Å²) in [6, 6.07) is 25.7. The molecule has 0 aliphatic heterocycles. The Morgan fingerprint density at radius 3 is 1.81 bits per heavy atom. The van der Waals surface area contributed by atoms with Gasteiger partial charge in [-0.25, -0.2) is 0 Å². The van der Waals surface area contributed by atoms with Gasteiger partial charge in [0.2, 0.25) is 0 Å². The standard InChI is InChI=1S/C12H16O2.C9H10.C8H8O/c1-4-11-6-8-12(9-7-11)14-10(3)13-5-2;1-3-9-6-4-8(2)5-7-9;9-7-6-8-4-2-1-3-5-8/h4,6-10H,1,5H2,2-3H3;3-7H,1H2,2H3;1-7,9H. The zero-order chi connectivity index (χ0) is 23.6. The predicted octanol–water partition coefficient (Wildman–Crippen LogP) is 7.94. The minimum atomic E-state index is -0.199. The molecule has 32 heavy (non-hydrogen) atoms. The van der Waals surface area contributed by atoms with Gasteiger partial charge in [-0.3, -0.25) is 0 Å². The molecule has 3 aromatic carbocycles. The van der Waals surface area contributed by atoms with Gasteiger partial charge in [0.25, 0.3) is 0 Å². The average molecular weight is 431 g/mol. The predicted molar refractivity (Wildman–Crippen MR) is 138 cm³/mol. The second-order valence-electron chi connectivity index (χ2n) is 6.76. The first-order valence-corrected chi connectivity index (χ1v) is 10.6. The van der Waals surface area contributed by atoms with Crippen molar-refractivity contribution in [2.75, 3.05) is 6.61 Å². The molecule has 3 aromatic rings. The Balaban J connectivity index is 0.000000250. The molecule has 168 valence electrons. The van der Waals surface area contributed by atoms with Crippen LogP contribution in [0.1, 0.15) is 36.1 Å². The highest BCUT2D eigenvalue weighted by molar-refractivity contribution is 5.48. The van der Waals surface area contributed by atoms with Crippen molar-refractivity contribution in [1.82, 2.24) is 0 Å². The van der Waals surface area contributed by atoms with E-state index in [4.69, 9.17) is 14.6 Å². The van der Waals surface area contributed by atoms with Gasteiger partial charge < -0.3 is 14.6 Å². The molecule has 0 radical (unpaired) electrons. The van der Waals surface area contributed by atoms with Crippen molar-refractivity contribution in [3.05, 3.63) is 121 Å². The van der Waals surface area contributed by atoms with Crippen LogP contribution >= 0.6 is 0 Å². The van der Waals surface area contributed by atoms with Gasteiger partial charge in [0.15, 0.2) is 6.29 Å². The molecule has 0 aliphatic carbocycles. The summed E-state index contributed by atoms with van der Waals surface area (Å²) >= 11 is 0. The molecule has 3 rings (SSSR count). The Kier molecular flexibility index (Phi) is 13.4. The first-order valence-electron chi connectivity index (χ1n) is 10.6. The fraction of sp³-hybridized carbons (Fsp3) is 0.172. The van der Waals surface area contributed by atoms with E-state index in [0.29, 0.717) is 6.61 Å². The third-order valence-electron chi connectivity index (χ3n) is 4.20. The number of benzene rings is 3. The molecule has 0 heterocycles. The molecule has 0 bridgehead atoms. The van der Waals surface area contributed by atoms with Crippen LogP contribution in [-0.4, -0.2) is 18.0 Å². The largest absolute Gasteiger partial charge is 0.516 e. The molecule has 0 fully saturated rings. The van der Waals surface area contributed by atoms with Crippen molar-refractivity contribution in [3.8, 4) is 5.75 Å². The summed E-state index contributed by atoms with van der Waals surface area (Å²) in [5, 5.41) is 8.34. The van der Waals surface area contributed by atoms with E-state index >= 15 is 0 Å². The van der Waals surface area contributed by atoms with Crippen molar-refractivity contribution >= 4 is 18.2 Å².